The minimum atomic E-state index is -4.20. The van der Waals surface area contributed by atoms with Gasteiger partial charge in [0, 0.05) is 71.7 Å². The summed E-state index contributed by atoms with van der Waals surface area (Å²) in [5.41, 5.74) is 7.38. The number of hydrogen-bond donors (Lipinski definition) is 4. The number of benzene rings is 5. The second-order valence-corrected chi connectivity index (χ2v) is 21.5. The molecule has 7 rings (SSSR count). The fourth-order valence-electron chi connectivity index (χ4n) is 9.51. The first-order chi connectivity index (χ1) is 31.7. The molecular formula is C53H59N4O8S2+. The van der Waals surface area contributed by atoms with Crippen LogP contribution in [0.4, 0.5) is 11.4 Å². The van der Waals surface area contributed by atoms with Gasteiger partial charge in [0.15, 0.2) is 5.71 Å². The summed E-state index contributed by atoms with van der Waals surface area (Å²) in [6, 6.07) is 31.9. The molecule has 12 nitrogen and oxygen atoms in total. The fourth-order valence-corrected chi connectivity index (χ4v) is 10.5. The molecule has 2 amide bonds. The van der Waals surface area contributed by atoms with E-state index in [9.17, 15) is 35.5 Å². The summed E-state index contributed by atoms with van der Waals surface area (Å²) < 4.78 is 69.1. The normalized spacial score (nSPS) is 16.3. The zero-order chi connectivity index (χ0) is 48.3. The van der Waals surface area contributed by atoms with E-state index in [1.807, 2.05) is 48.6 Å². The summed E-state index contributed by atoms with van der Waals surface area (Å²) in [4.78, 5) is 27.3. The van der Waals surface area contributed by atoms with Crippen LogP contribution in [0.3, 0.4) is 0 Å². The monoisotopic (exact) mass is 943 g/mol. The van der Waals surface area contributed by atoms with Crippen molar-refractivity contribution in [2.75, 3.05) is 42.6 Å². The lowest BCUT2D eigenvalue weighted by atomic mass is 9.79. The Kier molecular flexibility index (Phi) is 14.2. The minimum Gasteiger partial charge on any atom is -0.352 e. The Morgan fingerprint density at radius 1 is 0.716 bits per heavy atom. The van der Waals surface area contributed by atoms with Crippen LogP contribution in [0.5, 0.6) is 0 Å². The van der Waals surface area contributed by atoms with Gasteiger partial charge in [-0.2, -0.15) is 21.4 Å². The van der Waals surface area contributed by atoms with Crippen LogP contribution in [0.2, 0.25) is 0 Å². The number of rotatable bonds is 18. The summed E-state index contributed by atoms with van der Waals surface area (Å²) in [6.45, 7) is 15.3. The zero-order valence-electron chi connectivity index (χ0n) is 38.7. The first-order valence-corrected chi connectivity index (χ1v) is 25.7. The maximum Gasteiger partial charge on any atom is 0.265 e. The van der Waals surface area contributed by atoms with Crippen LogP contribution in [-0.2, 0) is 35.9 Å². The lowest BCUT2D eigenvalue weighted by Gasteiger charge is -2.27. The van der Waals surface area contributed by atoms with Crippen molar-refractivity contribution < 1.29 is 40.1 Å². The first-order valence-electron chi connectivity index (χ1n) is 22.5. The van der Waals surface area contributed by atoms with Crippen LogP contribution in [-0.4, -0.2) is 85.7 Å². The second-order valence-electron chi connectivity index (χ2n) is 18.3. The van der Waals surface area contributed by atoms with Crippen molar-refractivity contribution in [3.05, 3.63) is 161 Å². The molecule has 350 valence electrons. The molecule has 0 fully saturated rings. The Labute approximate surface area is 394 Å². The number of carbonyl (C=O) groups is 2. The number of carbonyl (C=O) groups excluding carboxylic acids is 2. The molecule has 2 heterocycles. The second kappa shape index (κ2) is 19.6. The summed E-state index contributed by atoms with van der Waals surface area (Å²) in [6.07, 6.45) is 9.10. The highest BCUT2D eigenvalue weighted by atomic mass is 32.2. The van der Waals surface area contributed by atoms with Gasteiger partial charge in [-0.15, -0.1) is 0 Å². The highest BCUT2D eigenvalue weighted by molar-refractivity contribution is 7.86. The highest BCUT2D eigenvalue weighted by Crippen LogP contribution is 2.51. The Morgan fingerprint density at radius 2 is 1.30 bits per heavy atom. The number of nitrogens with zero attached hydrogens (tertiary/aromatic N) is 2. The average Bonchev–Trinajstić information content (AvgIpc) is 3.63. The van der Waals surface area contributed by atoms with Gasteiger partial charge in [0.25, 0.3) is 26.1 Å². The van der Waals surface area contributed by atoms with E-state index in [2.05, 4.69) is 115 Å². The summed E-state index contributed by atoms with van der Waals surface area (Å²) in [5.74, 6) is -1.26. The van der Waals surface area contributed by atoms with Crippen molar-refractivity contribution in [2.24, 2.45) is 0 Å². The third kappa shape index (κ3) is 10.8. The average molecular weight is 944 g/mol. The lowest BCUT2D eigenvalue weighted by Crippen LogP contribution is -2.30. The van der Waals surface area contributed by atoms with Gasteiger partial charge < -0.3 is 15.5 Å². The van der Waals surface area contributed by atoms with Crippen LogP contribution in [0.1, 0.15) is 80.9 Å². The molecule has 14 heteroatoms. The van der Waals surface area contributed by atoms with Crippen LogP contribution in [0.25, 0.3) is 27.1 Å². The molecule has 2 aliphatic rings. The number of allylic oxidation sites excluding steroid dienone is 6. The fraction of sp³-hybridized carbons (Fsp3) is 0.302. The van der Waals surface area contributed by atoms with E-state index in [4.69, 9.17) is 0 Å². The smallest absolute Gasteiger partial charge is 0.265 e. The Hall–Kier alpha value is -6.19. The van der Waals surface area contributed by atoms with Gasteiger partial charge >= 0.3 is 0 Å². The highest BCUT2D eigenvalue weighted by Gasteiger charge is 2.46. The third-order valence-electron chi connectivity index (χ3n) is 12.7. The molecule has 0 radical (unpaired) electrons. The molecule has 0 atom stereocenters. The zero-order valence-corrected chi connectivity index (χ0v) is 40.3. The molecule has 5 aromatic carbocycles. The van der Waals surface area contributed by atoms with E-state index in [1.165, 1.54) is 0 Å². The Balaban J connectivity index is 1.32. The Morgan fingerprint density at radius 3 is 1.94 bits per heavy atom. The maximum absolute atomic E-state index is 13.3. The van der Waals surface area contributed by atoms with E-state index in [-0.39, 0.29) is 36.2 Å². The minimum absolute atomic E-state index is 0.192. The summed E-state index contributed by atoms with van der Waals surface area (Å²) in [7, 11) is -8.39. The largest absolute Gasteiger partial charge is 0.352 e. The molecular weight excluding hydrogens is 885 g/mol. The van der Waals surface area contributed by atoms with Crippen molar-refractivity contribution >= 4 is 76.3 Å². The molecule has 0 saturated carbocycles. The van der Waals surface area contributed by atoms with Crippen molar-refractivity contribution in [2.45, 2.75) is 64.7 Å². The van der Waals surface area contributed by atoms with Gasteiger partial charge in [0.1, 0.15) is 6.54 Å². The molecule has 2 aliphatic heterocycles. The van der Waals surface area contributed by atoms with Crippen LogP contribution in [0.15, 0.2) is 139 Å². The first kappa shape index (κ1) is 48.7. The van der Waals surface area contributed by atoms with Gasteiger partial charge in [-0.1, -0.05) is 93.2 Å². The lowest BCUT2D eigenvalue weighted by molar-refractivity contribution is -0.437. The number of anilines is 1. The Bertz CT molecular complexity index is 3130. The van der Waals surface area contributed by atoms with Gasteiger partial charge in [-0.25, -0.2) is 0 Å². The van der Waals surface area contributed by atoms with Crippen molar-refractivity contribution in [1.29, 1.82) is 0 Å². The summed E-state index contributed by atoms with van der Waals surface area (Å²) in [5, 5.41) is 10.0. The van der Waals surface area contributed by atoms with E-state index in [1.54, 1.807) is 19.1 Å². The van der Waals surface area contributed by atoms with Crippen LogP contribution in [0, 0.1) is 0 Å². The third-order valence-corrected chi connectivity index (χ3v) is 14.3. The quantitative estimate of drug-likeness (QED) is 0.0220. The van der Waals surface area contributed by atoms with E-state index in [0.717, 1.165) is 66.6 Å². The van der Waals surface area contributed by atoms with Crippen molar-refractivity contribution in [1.82, 2.24) is 10.6 Å². The van der Waals surface area contributed by atoms with Crippen LogP contribution >= 0.6 is 0 Å². The number of amides is 2. The number of hydrogen-bond acceptors (Lipinski definition) is 7. The van der Waals surface area contributed by atoms with E-state index < -0.39 is 31.1 Å². The van der Waals surface area contributed by atoms with Crippen molar-refractivity contribution in [3.8, 4) is 0 Å². The van der Waals surface area contributed by atoms with Crippen LogP contribution < -0.4 is 15.5 Å². The molecule has 0 aromatic heterocycles. The van der Waals surface area contributed by atoms with Gasteiger partial charge in [0.2, 0.25) is 11.6 Å². The van der Waals surface area contributed by atoms with E-state index >= 15 is 0 Å². The SMILES string of the molecule is C=C(C)C(=O)NCCCNC(=O)c1ccc(C(=C\C=C2/N(CCCS(=O)(=O)O)c3ccc4ccccc4c3C2(C)C)/C=C/C2=[N+](CCCS(=O)(=O)O)c3ccc4ccccc4c3C2(C)C)cc1. The molecule has 0 spiro atoms. The van der Waals surface area contributed by atoms with Gasteiger partial charge in [0.05, 0.1) is 16.9 Å². The number of nitrogens with one attached hydrogen (secondary N) is 2. The molecule has 67 heavy (non-hydrogen) atoms. The predicted octanol–water partition coefficient (Wildman–Crippen LogP) is 9.06. The van der Waals surface area contributed by atoms with Gasteiger partial charge in [-0.05, 0) is 108 Å². The number of fused-ring (bicyclic) bond motifs is 6. The molecule has 5 aromatic rings. The topological polar surface area (TPSA) is 173 Å². The van der Waals surface area contributed by atoms with E-state index in [0.29, 0.717) is 43.7 Å². The molecule has 0 unspecified atom stereocenters. The molecule has 4 N–H and O–H groups in total. The predicted molar refractivity (Wildman–Crippen MR) is 270 cm³/mol. The standard InChI is InChI=1S/C53H58N4O8S2/c1-36(2)50(58)54-30-11-31-55-51(59)41-20-18-37(19-21-41)38(24-28-46-52(3,4)48-42-16-9-7-14-39(42)22-26-44(48)56(46)32-12-34-66(60,61)62)25-29-47-53(5,6)49-43-17-10-8-15-40(43)23-27-45(49)57(47)33-13-35-67(63,64)65/h7-10,14-29H,1,11-13,30-35H2,2-6H3,(H3-,54,55,58,59,60,61,62,63,64,65)/p+1. The molecule has 0 aliphatic carbocycles. The molecule has 0 bridgehead atoms. The molecule has 0 saturated heterocycles. The van der Waals surface area contributed by atoms with Gasteiger partial charge in [-0.3, -0.25) is 18.7 Å². The summed E-state index contributed by atoms with van der Waals surface area (Å²) >= 11 is 0. The van der Waals surface area contributed by atoms with Crippen molar-refractivity contribution in [3.63, 3.8) is 0 Å². The maximum atomic E-state index is 13.3.